The Morgan fingerprint density at radius 3 is 2.42 bits per heavy atom. The number of carbonyl (C=O) groups is 2. The summed E-state index contributed by atoms with van der Waals surface area (Å²) in [6.07, 6.45) is 3.91. The highest BCUT2D eigenvalue weighted by Gasteiger charge is 2.35. The van der Waals surface area contributed by atoms with Gasteiger partial charge in [0.15, 0.2) is 0 Å². The molecule has 0 saturated carbocycles. The summed E-state index contributed by atoms with van der Waals surface area (Å²) in [7, 11) is 0. The first-order valence-corrected chi connectivity index (χ1v) is 12.1. The Bertz CT molecular complexity index is 987. The van der Waals surface area contributed by atoms with E-state index in [0.29, 0.717) is 38.5 Å². The van der Waals surface area contributed by atoms with E-state index in [4.69, 9.17) is 0 Å². The van der Waals surface area contributed by atoms with Gasteiger partial charge in [-0.3, -0.25) is 14.5 Å². The van der Waals surface area contributed by atoms with Crippen LogP contribution in [-0.2, 0) is 29.0 Å². The largest absolute Gasteiger partial charge is 0.508 e. The molecule has 6 heteroatoms. The molecule has 1 heterocycles. The lowest BCUT2D eigenvalue weighted by atomic mass is 9.87. The molecule has 0 bridgehead atoms. The van der Waals surface area contributed by atoms with E-state index >= 15 is 0 Å². The molecule has 0 aromatic heterocycles. The average molecular weight is 450 g/mol. The predicted molar refractivity (Wildman–Crippen MR) is 130 cm³/mol. The minimum Gasteiger partial charge on any atom is -0.508 e. The van der Waals surface area contributed by atoms with Crippen LogP contribution < -0.4 is 10.6 Å². The van der Waals surface area contributed by atoms with Crippen molar-refractivity contribution in [3.63, 3.8) is 0 Å². The van der Waals surface area contributed by atoms with Crippen molar-refractivity contribution in [2.24, 2.45) is 17.8 Å². The molecule has 2 aromatic carbocycles. The Labute approximate surface area is 196 Å². The molecule has 1 aliphatic carbocycles. The van der Waals surface area contributed by atoms with E-state index in [1.807, 2.05) is 18.2 Å². The van der Waals surface area contributed by atoms with Crippen molar-refractivity contribution in [3.8, 4) is 5.75 Å². The van der Waals surface area contributed by atoms with Gasteiger partial charge in [-0.2, -0.15) is 0 Å². The SMILES string of the molecule is CC(C)CNC(=O)[C@H]1C[C@@H](C(=O)Nc2ccc3c(c2)CCC3)CN(Cc2ccc(O)cc2)C1. The highest BCUT2D eigenvalue weighted by atomic mass is 16.3. The van der Waals surface area contributed by atoms with Crippen LogP contribution in [0.25, 0.3) is 0 Å². The molecule has 1 saturated heterocycles. The number of anilines is 1. The molecule has 2 aliphatic rings. The zero-order valence-corrected chi connectivity index (χ0v) is 19.6. The van der Waals surface area contributed by atoms with E-state index in [1.165, 1.54) is 17.5 Å². The van der Waals surface area contributed by atoms with Gasteiger partial charge in [0.2, 0.25) is 11.8 Å². The van der Waals surface area contributed by atoms with Gasteiger partial charge in [0.1, 0.15) is 5.75 Å². The summed E-state index contributed by atoms with van der Waals surface area (Å²) in [4.78, 5) is 28.3. The average Bonchev–Trinajstić information content (AvgIpc) is 3.26. The second-order valence-corrected chi connectivity index (χ2v) is 9.96. The van der Waals surface area contributed by atoms with Crippen LogP contribution in [0.4, 0.5) is 5.69 Å². The van der Waals surface area contributed by atoms with Gasteiger partial charge in [-0.05, 0) is 72.6 Å². The van der Waals surface area contributed by atoms with Crippen molar-refractivity contribution in [3.05, 3.63) is 59.2 Å². The number of nitrogens with one attached hydrogen (secondary N) is 2. The van der Waals surface area contributed by atoms with Crippen molar-refractivity contribution in [2.45, 2.75) is 46.1 Å². The van der Waals surface area contributed by atoms with Gasteiger partial charge in [0.25, 0.3) is 0 Å². The number of piperidine rings is 1. The van der Waals surface area contributed by atoms with Crippen LogP contribution in [0.15, 0.2) is 42.5 Å². The standard InChI is InChI=1S/C27H35N3O3/c1-18(2)14-28-26(32)22-12-23(17-30(16-22)15-19-6-10-25(31)11-7-19)27(33)29-24-9-8-20-4-3-5-21(20)13-24/h6-11,13,18,22-23,31H,3-5,12,14-17H2,1-2H3,(H,28,32)(H,29,33)/t22-,23+/m0/s1. The van der Waals surface area contributed by atoms with Gasteiger partial charge in [-0.25, -0.2) is 0 Å². The van der Waals surface area contributed by atoms with E-state index in [9.17, 15) is 14.7 Å². The molecule has 0 spiro atoms. The molecule has 0 radical (unpaired) electrons. The molecule has 6 nitrogen and oxygen atoms in total. The van der Waals surface area contributed by atoms with Crippen molar-refractivity contribution in [2.75, 3.05) is 25.0 Å². The summed E-state index contributed by atoms with van der Waals surface area (Å²) in [6, 6.07) is 13.3. The monoisotopic (exact) mass is 449 g/mol. The smallest absolute Gasteiger partial charge is 0.228 e. The van der Waals surface area contributed by atoms with E-state index in [0.717, 1.165) is 24.1 Å². The number of benzene rings is 2. The van der Waals surface area contributed by atoms with E-state index in [-0.39, 0.29) is 29.4 Å². The Morgan fingerprint density at radius 2 is 1.70 bits per heavy atom. The number of likely N-dealkylation sites (tertiary alicyclic amines) is 1. The molecule has 2 amide bonds. The number of carbonyl (C=O) groups excluding carboxylic acids is 2. The maximum Gasteiger partial charge on any atom is 0.228 e. The third-order valence-corrected chi connectivity index (χ3v) is 6.66. The molecule has 1 fully saturated rings. The number of amides is 2. The van der Waals surface area contributed by atoms with Crippen LogP contribution in [-0.4, -0.2) is 41.5 Å². The predicted octanol–water partition coefficient (Wildman–Crippen LogP) is 3.73. The van der Waals surface area contributed by atoms with Crippen molar-refractivity contribution >= 4 is 17.5 Å². The Balaban J connectivity index is 1.46. The Kier molecular flexibility index (Phi) is 7.33. The van der Waals surface area contributed by atoms with Gasteiger partial charge in [-0.1, -0.05) is 32.0 Å². The molecular weight excluding hydrogens is 414 g/mol. The Hall–Kier alpha value is -2.86. The zero-order chi connectivity index (χ0) is 23.4. The van der Waals surface area contributed by atoms with Crippen molar-refractivity contribution in [1.29, 1.82) is 0 Å². The lowest BCUT2D eigenvalue weighted by Crippen LogP contribution is -2.49. The highest BCUT2D eigenvalue weighted by molar-refractivity contribution is 5.93. The number of hydrogen-bond acceptors (Lipinski definition) is 4. The number of hydrogen-bond donors (Lipinski definition) is 3. The normalized spacial score (nSPS) is 20.5. The van der Waals surface area contributed by atoms with E-state index in [1.54, 1.807) is 12.1 Å². The van der Waals surface area contributed by atoms with Gasteiger partial charge < -0.3 is 15.7 Å². The lowest BCUT2D eigenvalue weighted by molar-refractivity contribution is -0.130. The second kappa shape index (κ2) is 10.4. The minimum absolute atomic E-state index is 0.0226. The van der Waals surface area contributed by atoms with Crippen molar-refractivity contribution in [1.82, 2.24) is 10.2 Å². The summed E-state index contributed by atoms with van der Waals surface area (Å²) >= 11 is 0. The first-order valence-electron chi connectivity index (χ1n) is 12.1. The van der Waals surface area contributed by atoms with Crippen LogP contribution in [0.3, 0.4) is 0 Å². The summed E-state index contributed by atoms with van der Waals surface area (Å²) in [5.41, 5.74) is 4.61. The van der Waals surface area contributed by atoms with Crippen LogP contribution >= 0.6 is 0 Å². The van der Waals surface area contributed by atoms with Crippen LogP contribution in [0.2, 0.25) is 0 Å². The quantitative estimate of drug-likeness (QED) is 0.602. The molecule has 1 aliphatic heterocycles. The Morgan fingerprint density at radius 1 is 1.00 bits per heavy atom. The molecular formula is C27H35N3O3. The number of phenolic OH excluding ortho intramolecular Hbond substituents is 1. The number of nitrogens with zero attached hydrogens (tertiary/aromatic N) is 1. The molecule has 176 valence electrons. The topological polar surface area (TPSA) is 81.7 Å². The van der Waals surface area contributed by atoms with Crippen LogP contribution in [0.1, 0.15) is 43.4 Å². The van der Waals surface area contributed by atoms with Gasteiger partial charge in [-0.15, -0.1) is 0 Å². The number of aryl methyl sites for hydroxylation is 2. The number of rotatable bonds is 7. The zero-order valence-electron chi connectivity index (χ0n) is 19.6. The van der Waals surface area contributed by atoms with E-state index < -0.39 is 0 Å². The number of phenols is 1. The summed E-state index contributed by atoms with van der Waals surface area (Å²) in [5, 5.41) is 15.7. The fourth-order valence-electron chi connectivity index (χ4n) is 4.90. The molecule has 3 N–H and O–H groups in total. The second-order valence-electron chi connectivity index (χ2n) is 9.96. The molecule has 2 atom stereocenters. The van der Waals surface area contributed by atoms with E-state index in [2.05, 4.69) is 41.5 Å². The molecule has 4 rings (SSSR count). The fraction of sp³-hybridized carbons (Fsp3) is 0.481. The molecule has 2 aromatic rings. The van der Waals surface area contributed by atoms with Gasteiger partial charge in [0, 0.05) is 31.9 Å². The summed E-state index contributed by atoms with van der Waals surface area (Å²) in [6.45, 7) is 6.64. The van der Waals surface area contributed by atoms with Gasteiger partial charge >= 0.3 is 0 Å². The molecule has 33 heavy (non-hydrogen) atoms. The third-order valence-electron chi connectivity index (χ3n) is 6.66. The fourth-order valence-corrected chi connectivity index (χ4v) is 4.90. The van der Waals surface area contributed by atoms with Crippen LogP contribution in [0.5, 0.6) is 5.75 Å². The molecule has 0 unspecified atom stereocenters. The maximum absolute atomic E-state index is 13.2. The highest BCUT2D eigenvalue weighted by Crippen LogP contribution is 2.28. The van der Waals surface area contributed by atoms with Crippen molar-refractivity contribution < 1.29 is 14.7 Å². The van der Waals surface area contributed by atoms with Crippen LogP contribution in [0, 0.1) is 17.8 Å². The summed E-state index contributed by atoms with van der Waals surface area (Å²) in [5.74, 6) is 0.114. The lowest BCUT2D eigenvalue weighted by Gasteiger charge is -2.36. The summed E-state index contributed by atoms with van der Waals surface area (Å²) < 4.78 is 0. The first-order chi connectivity index (χ1) is 15.9. The van der Waals surface area contributed by atoms with Gasteiger partial charge in [0.05, 0.1) is 11.8 Å². The number of fused-ring (bicyclic) bond motifs is 1. The number of aromatic hydroxyl groups is 1. The minimum atomic E-state index is -0.265. The third kappa shape index (κ3) is 6.14. The maximum atomic E-state index is 13.2. The first kappa shape index (κ1) is 23.3.